The molecular weight excluding hydrogens is 626 g/mol. The molecular formula is C31H37BrClN3O4S. The van der Waals surface area contributed by atoms with Gasteiger partial charge in [0.05, 0.1) is 11.9 Å². The number of nitrogens with one attached hydrogen (secondary N) is 1. The van der Waals surface area contributed by atoms with Crippen molar-refractivity contribution in [2.45, 2.75) is 58.7 Å². The van der Waals surface area contributed by atoms with Crippen LogP contribution in [0.5, 0.6) is 0 Å². The van der Waals surface area contributed by atoms with Gasteiger partial charge in [0.2, 0.25) is 21.8 Å². The van der Waals surface area contributed by atoms with E-state index in [1.54, 1.807) is 30.0 Å². The van der Waals surface area contributed by atoms with Gasteiger partial charge in [0.1, 0.15) is 6.04 Å². The van der Waals surface area contributed by atoms with Gasteiger partial charge in [0, 0.05) is 41.5 Å². The lowest BCUT2D eigenvalue weighted by Crippen LogP contribution is -2.51. The number of amides is 2. The van der Waals surface area contributed by atoms with Gasteiger partial charge in [-0.1, -0.05) is 76.1 Å². The molecule has 7 nitrogen and oxygen atoms in total. The number of carbonyl (C=O) groups is 2. The Bertz CT molecular complexity index is 1450. The average Bonchev–Trinajstić information content (AvgIpc) is 2.90. The van der Waals surface area contributed by atoms with E-state index in [4.69, 9.17) is 11.6 Å². The third kappa shape index (κ3) is 9.58. The third-order valence-corrected chi connectivity index (χ3v) is 8.69. The number of sulfonamides is 1. The highest BCUT2D eigenvalue weighted by atomic mass is 79.9. The Morgan fingerprint density at radius 3 is 2.27 bits per heavy atom. The zero-order chi connectivity index (χ0) is 30.2. The fourth-order valence-corrected chi connectivity index (χ4v) is 6.25. The Labute approximate surface area is 257 Å². The lowest BCUT2D eigenvalue weighted by molar-refractivity contribution is -0.141. The summed E-state index contributed by atoms with van der Waals surface area (Å²) in [6, 6.07) is 21.5. The van der Waals surface area contributed by atoms with Crippen LogP contribution >= 0.6 is 27.5 Å². The first-order chi connectivity index (χ1) is 19.4. The van der Waals surface area contributed by atoms with Crippen LogP contribution in [0.2, 0.25) is 5.02 Å². The van der Waals surface area contributed by atoms with Gasteiger partial charge in [-0.25, -0.2) is 8.42 Å². The minimum absolute atomic E-state index is 0.0554. The molecule has 0 unspecified atom stereocenters. The summed E-state index contributed by atoms with van der Waals surface area (Å²) < 4.78 is 27.6. The summed E-state index contributed by atoms with van der Waals surface area (Å²) in [5.41, 5.74) is 2.94. The number of benzene rings is 3. The standard InChI is InChI=1S/C31H37BrClN3O4S/c1-22(2)34-31(38)29(20-24-11-6-5-7-12-24)35(21-25-13-8-14-26(32)19-25)30(37)17-10-18-36(41(4,39)40)28-16-9-15-27(33)23(28)3/h5-9,11-16,19,22,29H,10,17-18,20-21H2,1-4H3,(H,34,38)/t29-/m1/s1. The van der Waals surface area contributed by atoms with Gasteiger partial charge in [-0.3, -0.25) is 13.9 Å². The van der Waals surface area contributed by atoms with E-state index in [-0.39, 0.29) is 43.8 Å². The van der Waals surface area contributed by atoms with E-state index in [0.29, 0.717) is 22.7 Å². The summed E-state index contributed by atoms with van der Waals surface area (Å²) in [4.78, 5) is 29.0. The fourth-order valence-electron chi connectivity index (χ4n) is 4.62. The van der Waals surface area contributed by atoms with Crippen molar-refractivity contribution in [2.24, 2.45) is 0 Å². The largest absolute Gasteiger partial charge is 0.352 e. The lowest BCUT2D eigenvalue weighted by Gasteiger charge is -2.32. The van der Waals surface area contributed by atoms with Crippen molar-refractivity contribution in [1.29, 1.82) is 0 Å². The monoisotopic (exact) mass is 661 g/mol. The van der Waals surface area contributed by atoms with E-state index in [9.17, 15) is 18.0 Å². The lowest BCUT2D eigenvalue weighted by atomic mass is 10.0. The van der Waals surface area contributed by atoms with E-state index < -0.39 is 16.1 Å². The van der Waals surface area contributed by atoms with Gasteiger partial charge in [-0.15, -0.1) is 0 Å². The Morgan fingerprint density at radius 2 is 1.63 bits per heavy atom. The molecule has 0 aliphatic carbocycles. The molecule has 3 aromatic rings. The number of rotatable bonds is 13. The number of carbonyl (C=O) groups excluding carboxylic acids is 2. The van der Waals surface area contributed by atoms with Crippen molar-refractivity contribution < 1.29 is 18.0 Å². The molecule has 41 heavy (non-hydrogen) atoms. The van der Waals surface area contributed by atoms with Crippen molar-refractivity contribution in [3.8, 4) is 0 Å². The summed E-state index contributed by atoms with van der Waals surface area (Å²) in [6.07, 6.45) is 1.80. The van der Waals surface area contributed by atoms with Gasteiger partial charge >= 0.3 is 0 Å². The van der Waals surface area contributed by atoms with Crippen molar-refractivity contribution in [1.82, 2.24) is 10.2 Å². The number of anilines is 1. The van der Waals surface area contributed by atoms with Crippen LogP contribution in [-0.4, -0.2) is 50.0 Å². The number of nitrogens with zero attached hydrogens (tertiary/aromatic N) is 2. The number of halogens is 2. The molecule has 0 saturated carbocycles. The van der Waals surface area contributed by atoms with E-state index in [1.165, 1.54) is 4.31 Å². The van der Waals surface area contributed by atoms with Gasteiger partial charge < -0.3 is 10.2 Å². The quantitative estimate of drug-likeness (QED) is 0.239. The first-order valence-corrected chi connectivity index (χ1v) is 16.5. The molecule has 0 aliphatic rings. The summed E-state index contributed by atoms with van der Waals surface area (Å²) in [7, 11) is -3.63. The maximum atomic E-state index is 13.9. The molecule has 0 saturated heterocycles. The first kappa shape index (κ1) is 32.6. The van der Waals surface area contributed by atoms with Crippen molar-refractivity contribution in [3.05, 3.63) is 99.0 Å². The smallest absolute Gasteiger partial charge is 0.243 e. The minimum Gasteiger partial charge on any atom is -0.352 e. The van der Waals surface area contributed by atoms with Crippen molar-refractivity contribution in [2.75, 3.05) is 17.1 Å². The molecule has 3 rings (SSSR count). The second kappa shape index (κ2) is 14.8. The molecule has 0 bridgehead atoms. The predicted molar refractivity (Wildman–Crippen MR) is 170 cm³/mol. The Morgan fingerprint density at radius 1 is 0.976 bits per heavy atom. The molecule has 220 valence electrons. The van der Waals surface area contributed by atoms with Gasteiger partial charge in [0.15, 0.2) is 0 Å². The normalized spacial score (nSPS) is 12.2. The molecule has 10 heteroatoms. The zero-order valence-electron chi connectivity index (χ0n) is 23.8. The molecule has 0 radical (unpaired) electrons. The third-order valence-electron chi connectivity index (χ3n) is 6.60. The molecule has 0 aliphatic heterocycles. The first-order valence-electron chi connectivity index (χ1n) is 13.5. The van der Waals surface area contributed by atoms with Crippen molar-refractivity contribution >= 4 is 55.1 Å². The van der Waals surface area contributed by atoms with Crippen LogP contribution < -0.4 is 9.62 Å². The van der Waals surface area contributed by atoms with Crippen LogP contribution in [0, 0.1) is 6.92 Å². The number of hydrogen-bond donors (Lipinski definition) is 1. The molecule has 1 N–H and O–H groups in total. The Balaban J connectivity index is 1.90. The summed E-state index contributed by atoms with van der Waals surface area (Å²) in [5.74, 6) is -0.472. The summed E-state index contributed by atoms with van der Waals surface area (Å²) in [5, 5.41) is 3.45. The average molecular weight is 663 g/mol. The SMILES string of the molecule is Cc1c(Cl)cccc1N(CCCC(=O)N(Cc1cccc(Br)c1)[C@H](Cc1ccccc1)C(=O)NC(C)C)S(C)(=O)=O. The predicted octanol–water partition coefficient (Wildman–Crippen LogP) is 6.12. The maximum absolute atomic E-state index is 13.9. The van der Waals surface area contributed by atoms with E-state index in [0.717, 1.165) is 21.9 Å². The summed E-state index contributed by atoms with van der Waals surface area (Å²) >= 11 is 9.76. The second-order valence-electron chi connectivity index (χ2n) is 10.3. The van der Waals surface area contributed by atoms with Gasteiger partial charge in [0.25, 0.3) is 0 Å². The molecule has 1 atom stereocenters. The van der Waals surface area contributed by atoms with E-state index in [2.05, 4.69) is 21.2 Å². The second-order valence-corrected chi connectivity index (χ2v) is 13.6. The van der Waals surface area contributed by atoms with Crippen LogP contribution in [0.3, 0.4) is 0 Å². The van der Waals surface area contributed by atoms with Crippen molar-refractivity contribution in [3.63, 3.8) is 0 Å². The highest BCUT2D eigenvalue weighted by Crippen LogP contribution is 2.28. The van der Waals surface area contributed by atoms with Crippen LogP contribution in [0.4, 0.5) is 5.69 Å². The van der Waals surface area contributed by atoms with Crippen LogP contribution in [0.1, 0.15) is 43.4 Å². The molecule has 0 heterocycles. The zero-order valence-corrected chi connectivity index (χ0v) is 27.0. The van der Waals surface area contributed by atoms with Crippen LogP contribution in [0.25, 0.3) is 0 Å². The Kier molecular flexibility index (Phi) is 11.8. The minimum atomic E-state index is -3.63. The number of hydrogen-bond acceptors (Lipinski definition) is 4. The molecule has 3 aromatic carbocycles. The maximum Gasteiger partial charge on any atom is 0.243 e. The molecule has 0 aromatic heterocycles. The van der Waals surface area contributed by atoms with E-state index >= 15 is 0 Å². The Hall–Kier alpha value is -2.88. The van der Waals surface area contributed by atoms with Crippen LogP contribution in [-0.2, 0) is 32.6 Å². The van der Waals surface area contributed by atoms with E-state index in [1.807, 2.05) is 68.4 Å². The summed E-state index contributed by atoms with van der Waals surface area (Å²) in [6.45, 7) is 5.86. The molecule has 0 spiro atoms. The highest BCUT2D eigenvalue weighted by molar-refractivity contribution is 9.10. The molecule has 0 fully saturated rings. The van der Waals surface area contributed by atoms with Crippen LogP contribution in [0.15, 0.2) is 77.3 Å². The molecule has 2 amide bonds. The van der Waals surface area contributed by atoms with Gasteiger partial charge in [-0.2, -0.15) is 0 Å². The topological polar surface area (TPSA) is 86.8 Å². The highest BCUT2D eigenvalue weighted by Gasteiger charge is 2.31. The fraction of sp³-hybridized carbons (Fsp3) is 0.355. The van der Waals surface area contributed by atoms with Gasteiger partial charge in [-0.05, 0) is 68.1 Å².